The van der Waals surface area contributed by atoms with E-state index in [-0.39, 0.29) is 23.2 Å². The molecule has 0 N–H and O–H groups in total. The molecule has 2 heterocycles. The maximum Gasteiger partial charge on any atom is 0.264 e. The molecule has 28 heavy (non-hydrogen) atoms. The predicted octanol–water partition coefficient (Wildman–Crippen LogP) is 2.61. The summed E-state index contributed by atoms with van der Waals surface area (Å²) in [6.07, 6.45) is 2.71. The van der Waals surface area contributed by atoms with E-state index in [1.807, 2.05) is 30.3 Å². The van der Waals surface area contributed by atoms with Crippen molar-refractivity contribution in [1.29, 1.82) is 0 Å². The van der Waals surface area contributed by atoms with Gasteiger partial charge in [-0.15, -0.1) is 0 Å². The zero-order valence-electron chi connectivity index (χ0n) is 14.9. The average molecular weight is 378 g/mol. The lowest BCUT2D eigenvalue weighted by Crippen LogP contribution is -2.25. The van der Waals surface area contributed by atoms with Crippen LogP contribution in [-0.4, -0.2) is 32.2 Å². The maximum absolute atomic E-state index is 13.5. The molecule has 2 aromatic carbocycles. The molecule has 8 heteroatoms. The molecule has 140 valence electrons. The first-order valence-corrected chi connectivity index (χ1v) is 8.44. The number of hydrogen-bond donors (Lipinski definition) is 0. The van der Waals surface area contributed by atoms with Crippen molar-refractivity contribution in [2.45, 2.75) is 6.54 Å². The van der Waals surface area contributed by atoms with Gasteiger partial charge in [0.25, 0.3) is 5.56 Å². The number of carbonyl (C=O) groups is 1. The van der Waals surface area contributed by atoms with Gasteiger partial charge in [0, 0.05) is 0 Å². The molecule has 2 aromatic heterocycles. The first-order chi connectivity index (χ1) is 13.6. The van der Waals surface area contributed by atoms with Crippen molar-refractivity contribution in [3.63, 3.8) is 0 Å². The minimum atomic E-state index is -0.561. The first kappa shape index (κ1) is 17.6. The Morgan fingerprint density at radius 3 is 2.71 bits per heavy atom. The van der Waals surface area contributed by atoms with Crippen molar-refractivity contribution in [1.82, 2.24) is 19.3 Å². The second kappa shape index (κ2) is 7.07. The highest BCUT2D eigenvalue weighted by molar-refractivity contribution is 5.98. The quantitative estimate of drug-likeness (QED) is 0.499. The van der Waals surface area contributed by atoms with Crippen LogP contribution in [0.2, 0.25) is 0 Å². The summed E-state index contributed by atoms with van der Waals surface area (Å²) in [5.41, 5.74) is 0.816. The molecular formula is C20H15FN4O3. The Hall–Kier alpha value is -3.81. The van der Waals surface area contributed by atoms with Crippen LogP contribution in [0.5, 0.6) is 5.75 Å². The van der Waals surface area contributed by atoms with Gasteiger partial charge in [-0.05, 0) is 30.3 Å². The van der Waals surface area contributed by atoms with Crippen LogP contribution in [0.3, 0.4) is 0 Å². The van der Waals surface area contributed by atoms with Gasteiger partial charge in [-0.3, -0.25) is 14.2 Å². The summed E-state index contributed by atoms with van der Waals surface area (Å²) in [4.78, 5) is 29.7. The van der Waals surface area contributed by atoms with Gasteiger partial charge in [-0.2, -0.15) is 5.10 Å². The number of carbonyl (C=O) groups excluding carboxylic acids is 1. The zero-order chi connectivity index (χ0) is 19.7. The molecule has 0 saturated carbocycles. The number of fused-ring (bicyclic) bond motifs is 1. The monoisotopic (exact) mass is 378 g/mol. The van der Waals surface area contributed by atoms with Gasteiger partial charge >= 0.3 is 0 Å². The molecule has 4 rings (SSSR count). The smallest absolute Gasteiger partial charge is 0.264 e. The van der Waals surface area contributed by atoms with Crippen LogP contribution in [0.15, 0.2) is 65.8 Å². The zero-order valence-corrected chi connectivity index (χ0v) is 14.9. The fourth-order valence-corrected chi connectivity index (χ4v) is 2.96. The third-order valence-corrected chi connectivity index (χ3v) is 4.33. The Balaban J connectivity index is 1.71. The van der Waals surface area contributed by atoms with Crippen LogP contribution in [-0.2, 0) is 6.54 Å². The maximum atomic E-state index is 13.5. The summed E-state index contributed by atoms with van der Waals surface area (Å²) in [6.45, 7) is -0.294. The molecule has 0 spiro atoms. The molecule has 0 atom stereocenters. The Kier molecular flexibility index (Phi) is 4.44. The van der Waals surface area contributed by atoms with Gasteiger partial charge in [0.05, 0.1) is 31.1 Å². The van der Waals surface area contributed by atoms with Gasteiger partial charge in [-0.1, -0.05) is 18.2 Å². The number of para-hydroxylation sites is 1. The number of benzene rings is 2. The van der Waals surface area contributed by atoms with Gasteiger partial charge in [-0.25, -0.2) is 14.1 Å². The molecule has 0 aliphatic rings. The van der Waals surface area contributed by atoms with E-state index in [1.165, 1.54) is 36.3 Å². The normalized spacial score (nSPS) is 10.9. The molecule has 0 bridgehead atoms. The number of rotatable bonds is 5. The van der Waals surface area contributed by atoms with Crippen molar-refractivity contribution in [3.05, 3.63) is 82.8 Å². The molecule has 4 aromatic rings. The molecule has 0 fully saturated rings. The summed E-state index contributed by atoms with van der Waals surface area (Å²) in [6, 6.07) is 12.9. The highest BCUT2D eigenvalue weighted by Crippen LogP contribution is 2.20. The van der Waals surface area contributed by atoms with E-state index in [4.69, 9.17) is 4.74 Å². The summed E-state index contributed by atoms with van der Waals surface area (Å²) in [5, 5.41) is 4.51. The Bertz CT molecular complexity index is 1230. The summed E-state index contributed by atoms with van der Waals surface area (Å²) >= 11 is 0. The van der Waals surface area contributed by atoms with Crippen molar-refractivity contribution >= 4 is 16.8 Å². The van der Waals surface area contributed by atoms with Crippen LogP contribution >= 0.6 is 0 Å². The third-order valence-electron chi connectivity index (χ3n) is 4.33. The van der Waals surface area contributed by atoms with Crippen LogP contribution in [0.4, 0.5) is 4.39 Å². The lowest BCUT2D eigenvalue weighted by Gasteiger charge is -2.09. The summed E-state index contributed by atoms with van der Waals surface area (Å²) in [7, 11) is 1.39. The number of Topliss-reactive ketones (excluding diaryl/α,β-unsaturated/α-hetero) is 1. The fraction of sp³-hybridized carbons (Fsp3) is 0.100. The largest absolute Gasteiger partial charge is 0.496 e. The molecule has 0 unspecified atom stereocenters. The van der Waals surface area contributed by atoms with Crippen LogP contribution in [0, 0.1) is 5.82 Å². The lowest BCUT2D eigenvalue weighted by molar-refractivity contribution is 0.0967. The minimum absolute atomic E-state index is 0.0643. The minimum Gasteiger partial charge on any atom is -0.496 e. The molecule has 0 radical (unpaired) electrons. The first-order valence-electron chi connectivity index (χ1n) is 8.44. The molecule has 0 aliphatic heterocycles. The predicted molar refractivity (Wildman–Crippen MR) is 100 cm³/mol. The van der Waals surface area contributed by atoms with E-state index in [9.17, 15) is 14.0 Å². The number of methoxy groups -OCH3 is 1. The van der Waals surface area contributed by atoms with Crippen LogP contribution in [0.1, 0.15) is 10.4 Å². The highest BCUT2D eigenvalue weighted by Gasteiger charge is 2.17. The van der Waals surface area contributed by atoms with Crippen molar-refractivity contribution < 1.29 is 13.9 Å². The lowest BCUT2D eigenvalue weighted by atomic mass is 10.1. The molecular weight excluding hydrogens is 363 g/mol. The average Bonchev–Trinajstić information content (AvgIpc) is 3.15. The van der Waals surface area contributed by atoms with Gasteiger partial charge in [0.1, 0.15) is 23.3 Å². The Morgan fingerprint density at radius 2 is 1.96 bits per heavy atom. The molecule has 0 aliphatic carbocycles. The van der Waals surface area contributed by atoms with E-state index in [1.54, 1.807) is 4.68 Å². The summed E-state index contributed by atoms with van der Waals surface area (Å²) in [5.74, 6) is -0.783. The van der Waals surface area contributed by atoms with Crippen molar-refractivity contribution in [2.24, 2.45) is 0 Å². The highest BCUT2D eigenvalue weighted by atomic mass is 19.1. The topological polar surface area (TPSA) is 79.0 Å². The van der Waals surface area contributed by atoms with E-state index in [0.717, 1.165) is 11.8 Å². The van der Waals surface area contributed by atoms with Gasteiger partial charge < -0.3 is 4.74 Å². The number of ketones is 1. The van der Waals surface area contributed by atoms with E-state index < -0.39 is 17.2 Å². The number of hydrogen-bond acceptors (Lipinski definition) is 5. The number of aromatic nitrogens is 4. The molecule has 0 amide bonds. The second-order valence-electron chi connectivity index (χ2n) is 6.07. The van der Waals surface area contributed by atoms with Crippen LogP contribution < -0.4 is 10.3 Å². The van der Waals surface area contributed by atoms with E-state index in [2.05, 4.69) is 10.1 Å². The van der Waals surface area contributed by atoms with Crippen LogP contribution in [0.25, 0.3) is 16.7 Å². The number of halogens is 1. The Labute approximate surface area is 158 Å². The molecule has 0 saturated heterocycles. The fourth-order valence-electron chi connectivity index (χ4n) is 2.96. The van der Waals surface area contributed by atoms with Crippen molar-refractivity contribution in [3.8, 4) is 11.4 Å². The van der Waals surface area contributed by atoms with Gasteiger partial charge in [0.15, 0.2) is 11.4 Å². The summed E-state index contributed by atoms with van der Waals surface area (Å²) < 4.78 is 21.4. The Morgan fingerprint density at radius 1 is 1.18 bits per heavy atom. The second-order valence-corrected chi connectivity index (χ2v) is 6.07. The standard InChI is InChI=1S/C20H15FN4O3/c1-28-18-8-7-13(21)9-15(18)17(26)11-24-12-22-19-16(20(24)27)10-23-25(19)14-5-3-2-4-6-14/h2-10,12H,11H2,1H3. The number of nitrogens with zero attached hydrogens (tertiary/aromatic N) is 4. The van der Waals surface area contributed by atoms with E-state index in [0.29, 0.717) is 5.65 Å². The van der Waals surface area contributed by atoms with E-state index >= 15 is 0 Å². The number of ether oxygens (including phenoxy) is 1. The SMILES string of the molecule is COc1ccc(F)cc1C(=O)Cn1cnc2c(cnn2-c2ccccc2)c1=O. The van der Waals surface area contributed by atoms with Crippen molar-refractivity contribution in [2.75, 3.05) is 7.11 Å². The van der Waals surface area contributed by atoms with Gasteiger partial charge in [0.2, 0.25) is 0 Å². The molecule has 7 nitrogen and oxygen atoms in total. The third kappa shape index (κ3) is 3.05.